The van der Waals surface area contributed by atoms with Gasteiger partial charge in [0.15, 0.2) is 0 Å². The van der Waals surface area contributed by atoms with Gasteiger partial charge in [0.25, 0.3) is 0 Å². The first-order valence-electron chi connectivity index (χ1n) is 13.7. The van der Waals surface area contributed by atoms with Gasteiger partial charge >= 0.3 is 0 Å². The van der Waals surface area contributed by atoms with Crippen molar-refractivity contribution in [1.29, 1.82) is 0 Å². The van der Waals surface area contributed by atoms with Crippen LogP contribution in [0, 0.1) is 0 Å². The van der Waals surface area contributed by atoms with Crippen molar-refractivity contribution in [2.45, 2.75) is 137 Å². The lowest BCUT2D eigenvalue weighted by Gasteiger charge is -2.05. The number of aliphatic hydroxyl groups excluding tert-OH is 1. The van der Waals surface area contributed by atoms with Crippen LogP contribution in [0.4, 0.5) is 0 Å². The molecular formula is C31H54O2. The van der Waals surface area contributed by atoms with E-state index in [1.54, 1.807) is 0 Å². The monoisotopic (exact) mass is 458 g/mol. The Labute approximate surface area is 206 Å². The van der Waals surface area contributed by atoms with Crippen LogP contribution in [-0.4, -0.2) is 17.5 Å². The highest BCUT2D eigenvalue weighted by atomic mass is 16.3. The zero-order valence-corrected chi connectivity index (χ0v) is 22.5. The third-order valence-corrected chi connectivity index (χ3v) is 6.03. The molecule has 0 atom stereocenters. The maximum atomic E-state index is 12.3. The summed E-state index contributed by atoms with van der Waals surface area (Å²) in [5, 5.41) is 9.59. The van der Waals surface area contributed by atoms with Gasteiger partial charge in [0.2, 0.25) is 0 Å². The lowest BCUT2D eigenvalue weighted by Crippen LogP contribution is -2.02. The van der Waals surface area contributed by atoms with Crippen LogP contribution < -0.4 is 0 Å². The van der Waals surface area contributed by atoms with Gasteiger partial charge in [0.1, 0.15) is 5.78 Å². The molecule has 0 saturated carbocycles. The number of hydrogen-bond acceptors (Lipinski definition) is 2. The highest BCUT2D eigenvalue weighted by molar-refractivity contribution is 5.80. The summed E-state index contributed by atoms with van der Waals surface area (Å²) in [6, 6.07) is 0. The maximum Gasteiger partial charge on any atom is 0.137 e. The van der Waals surface area contributed by atoms with Crippen LogP contribution in [0.25, 0.3) is 0 Å². The molecule has 0 bridgehead atoms. The van der Waals surface area contributed by atoms with Crippen molar-refractivity contribution in [1.82, 2.24) is 0 Å². The van der Waals surface area contributed by atoms with Crippen molar-refractivity contribution in [3.8, 4) is 0 Å². The highest BCUT2D eigenvalue weighted by Gasteiger charge is 2.05. The van der Waals surface area contributed by atoms with Gasteiger partial charge < -0.3 is 5.11 Å². The van der Waals surface area contributed by atoms with E-state index in [9.17, 15) is 9.90 Å². The quantitative estimate of drug-likeness (QED) is 0.129. The predicted octanol–water partition coefficient (Wildman–Crippen LogP) is 9.59. The number of allylic oxidation sites excluding steroid dienone is 7. The van der Waals surface area contributed by atoms with Crippen LogP contribution in [0.5, 0.6) is 0 Å². The average Bonchev–Trinajstić information content (AvgIpc) is 2.78. The van der Waals surface area contributed by atoms with Gasteiger partial charge in [-0.1, -0.05) is 93.4 Å². The van der Waals surface area contributed by atoms with Crippen molar-refractivity contribution in [3.05, 3.63) is 47.1 Å². The summed E-state index contributed by atoms with van der Waals surface area (Å²) in [7, 11) is 0. The minimum absolute atomic E-state index is 0.0101. The molecule has 0 aliphatic rings. The molecule has 33 heavy (non-hydrogen) atoms. The van der Waals surface area contributed by atoms with E-state index < -0.39 is 0 Å². The second-order valence-corrected chi connectivity index (χ2v) is 9.81. The minimum Gasteiger partial charge on any atom is -0.392 e. The standard InChI is InChI=1S/C31H54O2/c1-5-6-7-8-9-10-11-12-13-14-15-16-17-18-24-30(27-32)26-31(33)25-20-23-29(4)22-19-21-28(2)3/h8-9,21,23-24,32H,5-7,10-20,22,25-27H2,1-4H3. The van der Waals surface area contributed by atoms with Crippen LogP contribution in [0.15, 0.2) is 47.1 Å². The molecule has 0 spiro atoms. The third-order valence-electron chi connectivity index (χ3n) is 6.03. The molecule has 0 rings (SSSR count). The molecule has 0 radical (unpaired) electrons. The SMILES string of the molecule is CCCCC=CCCCCCCCCCC=C(CO)CC(=O)CCC=C(C)CCC=C(C)C. The molecule has 1 N–H and O–H groups in total. The first-order chi connectivity index (χ1) is 16.0. The molecule has 0 heterocycles. The van der Waals surface area contributed by atoms with Crippen LogP contribution >= 0.6 is 0 Å². The van der Waals surface area contributed by atoms with Crippen molar-refractivity contribution < 1.29 is 9.90 Å². The number of carbonyl (C=O) groups is 1. The number of hydrogen-bond donors (Lipinski definition) is 1. The Morgan fingerprint density at radius 2 is 1.24 bits per heavy atom. The zero-order valence-electron chi connectivity index (χ0n) is 22.5. The van der Waals surface area contributed by atoms with Gasteiger partial charge in [-0.15, -0.1) is 0 Å². The second kappa shape index (κ2) is 23.7. The lowest BCUT2D eigenvalue weighted by atomic mass is 10.0. The summed E-state index contributed by atoms with van der Waals surface area (Å²) >= 11 is 0. The van der Waals surface area contributed by atoms with E-state index in [1.165, 1.54) is 75.4 Å². The molecule has 0 aromatic heterocycles. The molecule has 0 amide bonds. The van der Waals surface area contributed by atoms with E-state index in [1.807, 2.05) is 0 Å². The number of rotatable bonds is 22. The van der Waals surface area contributed by atoms with E-state index in [2.05, 4.69) is 58.1 Å². The molecule has 0 aromatic carbocycles. The first-order valence-corrected chi connectivity index (χ1v) is 13.7. The van der Waals surface area contributed by atoms with Gasteiger partial charge in [-0.2, -0.15) is 0 Å². The Morgan fingerprint density at radius 3 is 1.85 bits per heavy atom. The molecule has 2 nitrogen and oxygen atoms in total. The first kappa shape index (κ1) is 31.6. The number of ketones is 1. The van der Waals surface area contributed by atoms with E-state index in [-0.39, 0.29) is 12.4 Å². The maximum absolute atomic E-state index is 12.3. The Morgan fingerprint density at radius 1 is 0.667 bits per heavy atom. The van der Waals surface area contributed by atoms with Crippen LogP contribution in [0.3, 0.4) is 0 Å². The number of carbonyl (C=O) groups excluding carboxylic acids is 1. The highest BCUT2D eigenvalue weighted by Crippen LogP contribution is 2.14. The van der Waals surface area contributed by atoms with Gasteiger partial charge in [-0.25, -0.2) is 0 Å². The lowest BCUT2D eigenvalue weighted by molar-refractivity contribution is -0.118. The van der Waals surface area contributed by atoms with E-state index in [0.717, 1.165) is 37.7 Å². The summed E-state index contributed by atoms with van der Waals surface area (Å²) in [6.07, 6.45) is 30.3. The van der Waals surface area contributed by atoms with Crippen molar-refractivity contribution >= 4 is 5.78 Å². The van der Waals surface area contributed by atoms with Crippen LogP contribution in [-0.2, 0) is 4.79 Å². The Hall–Kier alpha value is -1.41. The van der Waals surface area contributed by atoms with Gasteiger partial charge in [-0.05, 0) is 77.7 Å². The van der Waals surface area contributed by atoms with Crippen LogP contribution in [0.1, 0.15) is 137 Å². The molecule has 0 unspecified atom stereocenters. The van der Waals surface area contributed by atoms with E-state index in [4.69, 9.17) is 0 Å². The minimum atomic E-state index is 0.0101. The Balaban J connectivity index is 3.79. The molecule has 0 aliphatic carbocycles. The Bertz CT molecular complexity index is 588. The fraction of sp³-hybridized carbons (Fsp3) is 0.710. The topological polar surface area (TPSA) is 37.3 Å². The summed E-state index contributed by atoms with van der Waals surface area (Å²) in [4.78, 5) is 12.3. The van der Waals surface area contributed by atoms with Crippen molar-refractivity contribution in [2.24, 2.45) is 0 Å². The number of Topliss-reactive ketones (excluding diaryl/α,β-unsaturated/α-hetero) is 1. The molecular weight excluding hydrogens is 404 g/mol. The molecule has 0 aliphatic heterocycles. The third kappa shape index (κ3) is 23.5. The van der Waals surface area contributed by atoms with E-state index >= 15 is 0 Å². The summed E-state index contributed by atoms with van der Waals surface area (Å²) in [5.74, 6) is 0.240. The number of aliphatic hydroxyl groups is 1. The van der Waals surface area contributed by atoms with Crippen molar-refractivity contribution in [3.63, 3.8) is 0 Å². The predicted molar refractivity (Wildman–Crippen MR) is 147 cm³/mol. The van der Waals surface area contributed by atoms with Crippen LogP contribution in [0.2, 0.25) is 0 Å². The fourth-order valence-electron chi connectivity index (χ4n) is 3.86. The molecule has 0 saturated heterocycles. The average molecular weight is 459 g/mol. The van der Waals surface area contributed by atoms with Gasteiger partial charge in [0.05, 0.1) is 6.61 Å². The summed E-state index contributed by atoms with van der Waals surface area (Å²) < 4.78 is 0. The second-order valence-electron chi connectivity index (χ2n) is 9.81. The van der Waals surface area contributed by atoms with Gasteiger partial charge in [-0.3, -0.25) is 4.79 Å². The molecule has 190 valence electrons. The van der Waals surface area contributed by atoms with Crippen molar-refractivity contribution in [2.75, 3.05) is 6.61 Å². The van der Waals surface area contributed by atoms with E-state index in [0.29, 0.717) is 12.8 Å². The molecule has 0 aromatic rings. The largest absolute Gasteiger partial charge is 0.392 e. The zero-order chi connectivity index (χ0) is 24.6. The fourth-order valence-corrected chi connectivity index (χ4v) is 3.86. The molecule has 2 heteroatoms. The number of unbranched alkanes of at least 4 members (excludes halogenated alkanes) is 10. The normalized spacial score (nSPS) is 12.5. The Kier molecular flexibility index (Phi) is 22.7. The summed E-state index contributed by atoms with van der Waals surface area (Å²) in [6.45, 7) is 8.65. The van der Waals surface area contributed by atoms with Gasteiger partial charge in [0, 0.05) is 12.8 Å². The molecule has 0 fully saturated rings. The summed E-state index contributed by atoms with van der Waals surface area (Å²) in [5.41, 5.74) is 3.62. The smallest absolute Gasteiger partial charge is 0.137 e.